The molecule has 3 aromatic rings. The van der Waals surface area contributed by atoms with Crippen molar-refractivity contribution in [1.82, 2.24) is 19.7 Å². The molecule has 7 nitrogen and oxygen atoms in total. The molecule has 0 fully saturated rings. The van der Waals surface area contributed by atoms with Crippen molar-refractivity contribution < 1.29 is 9.78 Å². The van der Waals surface area contributed by atoms with Gasteiger partial charge in [0.1, 0.15) is 18.4 Å². The highest BCUT2D eigenvalue weighted by Gasteiger charge is 2.18. The van der Waals surface area contributed by atoms with Gasteiger partial charge in [0.05, 0.1) is 17.3 Å². The van der Waals surface area contributed by atoms with E-state index < -0.39 is 0 Å². The Hall–Kier alpha value is -3.06. The van der Waals surface area contributed by atoms with Gasteiger partial charge in [0.15, 0.2) is 5.65 Å². The average Bonchev–Trinajstić information content (AvgIpc) is 3.05. The minimum atomic E-state index is 0. The van der Waals surface area contributed by atoms with Crippen molar-refractivity contribution in [1.29, 1.82) is 0 Å². The molecular weight excluding hydrogens is 354 g/mol. The van der Waals surface area contributed by atoms with Crippen molar-refractivity contribution in [2.24, 2.45) is 0 Å². The maximum Gasteiger partial charge on any atom is 0.251 e. The standard InChI is InChI=1S/C18H17N5O2.ClH/c1-12-7-13(2)9-14(8-12)23-18-15(10-21-23)17(19-11-20-18)22(3)16-5-4-6-24-25-16;/h4-11H,1-3H3;1H. The van der Waals surface area contributed by atoms with Gasteiger partial charge >= 0.3 is 0 Å². The molecule has 0 amide bonds. The zero-order chi connectivity index (χ0) is 17.4. The van der Waals surface area contributed by atoms with Crippen LogP contribution in [0.4, 0.5) is 5.82 Å². The molecule has 0 radical (unpaired) electrons. The summed E-state index contributed by atoms with van der Waals surface area (Å²) in [5, 5.41) is 5.34. The lowest BCUT2D eigenvalue weighted by atomic mass is 10.1. The van der Waals surface area contributed by atoms with Gasteiger partial charge in [-0.15, -0.1) is 12.4 Å². The Bertz CT molecular complexity index is 992. The number of nitrogens with zero attached hydrogens (tertiary/aromatic N) is 5. The van der Waals surface area contributed by atoms with E-state index in [0.717, 1.165) is 16.7 Å². The normalized spacial score (nSPS) is 12.8. The van der Waals surface area contributed by atoms with Crippen LogP contribution >= 0.6 is 12.4 Å². The summed E-state index contributed by atoms with van der Waals surface area (Å²) in [6.07, 6.45) is 8.30. The van der Waals surface area contributed by atoms with Crippen molar-refractivity contribution in [2.45, 2.75) is 13.8 Å². The number of hydrogen-bond donors (Lipinski definition) is 0. The fourth-order valence-electron chi connectivity index (χ4n) is 2.89. The molecule has 134 valence electrons. The van der Waals surface area contributed by atoms with Gasteiger partial charge in [0.2, 0.25) is 0 Å². The van der Waals surface area contributed by atoms with Crippen LogP contribution in [-0.4, -0.2) is 26.8 Å². The molecule has 1 aliphatic rings. The van der Waals surface area contributed by atoms with E-state index >= 15 is 0 Å². The summed E-state index contributed by atoms with van der Waals surface area (Å²) in [7, 11) is 1.85. The maximum atomic E-state index is 5.18. The number of halogens is 1. The van der Waals surface area contributed by atoms with E-state index in [1.165, 1.54) is 23.7 Å². The number of rotatable bonds is 3. The second kappa shape index (κ2) is 7.05. The van der Waals surface area contributed by atoms with E-state index in [2.05, 4.69) is 47.1 Å². The molecule has 0 atom stereocenters. The van der Waals surface area contributed by atoms with Crippen LogP contribution < -0.4 is 4.90 Å². The molecule has 0 aliphatic carbocycles. The van der Waals surface area contributed by atoms with Crippen LogP contribution in [0.2, 0.25) is 0 Å². The highest BCUT2D eigenvalue weighted by molar-refractivity contribution is 5.88. The van der Waals surface area contributed by atoms with Gasteiger partial charge < -0.3 is 0 Å². The predicted molar refractivity (Wildman–Crippen MR) is 101 cm³/mol. The Morgan fingerprint density at radius 1 is 1.08 bits per heavy atom. The average molecular weight is 372 g/mol. The fourth-order valence-corrected chi connectivity index (χ4v) is 2.89. The number of allylic oxidation sites excluding steroid dienone is 2. The molecule has 3 heterocycles. The summed E-state index contributed by atoms with van der Waals surface area (Å²) in [5.41, 5.74) is 4.05. The third kappa shape index (κ3) is 3.09. The molecule has 8 heteroatoms. The van der Waals surface area contributed by atoms with Crippen LogP contribution in [0, 0.1) is 13.8 Å². The number of hydrogen-bond acceptors (Lipinski definition) is 6. The summed E-state index contributed by atoms with van der Waals surface area (Å²) < 4.78 is 1.82. The minimum absolute atomic E-state index is 0. The molecule has 0 N–H and O–H groups in total. The first-order chi connectivity index (χ1) is 12.1. The third-order valence-corrected chi connectivity index (χ3v) is 3.95. The van der Waals surface area contributed by atoms with Crippen LogP contribution in [0.5, 0.6) is 0 Å². The van der Waals surface area contributed by atoms with Gasteiger partial charge in [-0.3, -0.25) is 14.7 Å². The van der Waals surface area contributed by atoms with Gasteiger partial charge in [0.25, 0.3) is 5.88 Å². The van der Waals surface area contributed by atoms with Crippen molar-refractivity contribution in [2.75, 3.05) is 11.9 Å². The van der Waals surface area contributed by atoms with E-state index in [9.17, 15) is 0 Å². The lowest BCUT2D eigenvalue weighted by Gasteiger charge is -2.21. The van der Waals surface area contributed by atoms with Crippen molar-refractivity contribution in [3.63, 3.8) is 0 Å². The first-order valence-electron chi connectivity index (χ1n) is 7.85. The first kappa shape index (κ1) is 17.8. The van der Waals surface area contributed by atoms with Crippen molar-refractivity contribution >= 4 is 29.3 Å². The fraction of sp³-hybridized carbons (Fsp3) is 0.167. The molecule has 4 rings (SSSR count). The predicted octanol–water partition coefficient (Wildman–Crippen LogP) is 3.61. The number of aryl methyl sites for hydroxylation is 2. The summed E-state index contributed by atoms with van der Waals surface area (Å²) in [6, 6.07) is 6.29. The van der Waals surface area contributed by atoms with Gasteiger partial charge in [-0.2, -0.15) is 5.10 Å². The van der Waals surface area contributed by atoms with Gasteiger partial charge in [-0.25, -0.2) is 14.6 Å². The summed E-state index contributed by atoms with van der Waals surface area (Å²) in [6.45, 7) is 4.13. The molecule has 0 bridgehead atoms. The largest absolute Gasteiger partial charge is 0.296 e. The van der Waals surface area contributed by atoms with E-state index in [1.807, 2.05) is 11.7 Å². The molecule has 26 heavy (non-hydrogen) atoms. The molecule has 2 aromatic heterocycles. The van der Waals surface area contributed by atoms with Crippen LogP contribution in [0.1, 0.15) is 11.1 Å². The number of fused-ring (bicyclic) bond motifs is 1. The number of aromatic nitrogens is 4. The smallest absolute Gasteiger partial charge is 0.251 e. The Morgan fingerprint density at radius 2 is 1.85 bits per heavy atom. The van der Waals surface area contributed by atoms with Gasteiger partial charge in [-0.1, -0.05) is 6.07 Å². The van der Waals surface area contributed by atoms with Crippen molar-refractivity contribution in [3.8, 4) is 5.69 Å². The zero-order valence-corrected chi connectivity index (χ0v) is 15.4. The Morgan fingerprint density at radius 3 is 2.54 bits per heavy atom. The molecule has 0 unspecified atom stereocenters. The van der Waals surface area contributed by atoms with E-state index in [4.69, 9.17) is 9.78 Å². The number of anilines is 1. The summed E-state index contributed by atoms with van der Waals surface area (Å²) in [5.74, 6) is 1.22. The Balaban J connectivity index is 0.00000196. The van der Waals surface area contributed by atoms with Crippen molar-refractivity contribution in [3.05, 3.63) is 66.1 Å². The van der Waals surface area contributed by atoms with Crippen LogP contribution in [0.3, 0.4) is 0 Å². The zero-order valence-electron chi connectivity index (χ0n) is 14.6. The van der Waals surface area contributed by atoms with E-state index in [0.29, 0.717) is 11.7 Å². The molecule has 0 saturated carbocycles. The highest BCUT2D eigenvalue weighted by atomic mass is 35.5. The maximum absolute atomic E-state index is 5.18. The van der Waals surface area contributed by atoms with E-state index in [-0.39, 0.29) is 12.4 Å². The summed E-state index contributed by atoms with van der Waals surface area (Å²) >= 11 is 0. The highest BCUT2D eigenvalue weighted by Crippen LogP contribution is 2.27. The number of benzene rings is 1. The second-order valence-electron chi connectivity index (χ2n) is 5.91. The third-order valence-electron chi connectivity index (χ3n) is 3.95. The molecule has 1 aromatic carbocycles. The Labute approximate surface area is 156 Å². The van der Waals surface area contributed by atoms with Gasteiger partial charge in [-0.05, 0) is 43.2 Å². The molecule has 0 saturated heterocycles. The summed E-state index contributed by atoms with van der Waals surface area (Å²) in [4.78, 5) is 20.7. The van der Waals surface area contributed by atoms with Gasteiger partial charge in [0, 0.05) is 13.1 Å². The van der Waals surface area contributed by atoms with Crippen LogP contribution in [0.15, 0.2) is 55.0 Å². The first-order valence-corrected chi connectivity index (χ1v) is 7.85. The Kier molecular flexibility index (Phi) is 4.81. The molecular formula is C18H18ClN5O2. The lowest BCUT2D eigenvalue weighted by molar-refractivity contribution is -0.215. The minimum Gasteiger partial charge on any atom is -0.296 e. The topological polar surface area (TPSA) is 65.3 Å². The quantitative estimate of drug-likeness (QED) is 0.655. The van der Waals surface area contributed by atoms with E-state index in [1.54, 1.807) is 23.2 Å². The second-order valence-corrected chi connectivity index (χ2v) is 5.91. The SMILES string of the molecule is Cc1cc(C)cc(-n2ncc3c(N(C)C4=CC=COO4)ncnc32)c1.Cl. The van der Waals surface area contributed by atoms with Crippen LogP contribution in [0.25, 0.3) is 16.7 Å². The molecule has 1 aliphatic heterocycles. The monoisotopic (exact) mass is 371 g/mol. The van der Waals surface area contributed by atoms with Crippen LogP contribution in [-0.2, 0) is 9.78 Å². The lowest BCUT2D eigenvalue weighted by Crippen LogP contribution is -2.20. The molecule has 0 spiro atoms.